The highest BCUT2D eigenvalue weighted by Gasteiger charge is 2.22. The Balaban J connectivity index is 1.69. The van der Waals surface area contributed by atoms with Gasteiger partial charge in [0.15, 0.2) is 0 Å². The van der Waals surface area contributed by atoms with Crippen LogP contribution in [0.15, 0.2) is 11.7 Å². The molecule has 6 heteroatoms. The second-order valence-corrected chi connectivity index (χ2v) is 5.78. The number of imidazole rings is 1. The van der Waals surface area contributed by atoms with Crippen molar-refractivity contribution in [3.63, 3.8) is 0 Å². The average Bonchev–Trinajstić information content (AvgIpc) is 2.93. The maximum atomic E-state index is 12.1. The van der Waals surface area contributed by atoms with Crippen LogP contribution in [-0.2, 0) is 13.0 Å². The SMILES string of the molecule is Cc1cn2c(n1)CC[C@@H](NC(=O)c1scnc1C)C2. The molecule has 1 aliphatic rings. The quantitative estimate of drug-likeness (QED) is 0.908. The summed E-state index contributed by atoms with van der Waals surface area (Å²) in [4.78, 5) is 21.4. The zero-order valence-corrected chi connectivity index (χ0v) is 11.8. The molecule has 0 saturated heterocycles. The molecule has 0 aliphatic carbocycles. The van der Waals surface area contributed by atoms with Crippen molar-refractivity contribution in [2.24, 2.45) is 0 Å². The lowest BCUT2D eigenvalue weighted by molar-refractivity contribution is 0.0931. The Kier molecular flexibility index (Phi) is 3.10. The van der Waals surface area contributed by atoms with Crippen LogP contribution in [0.1, 0.15) is 33.3 Å². The molecule has 1 N–H and O–H groups in total. The predicted octanol–water partition coefficient (Wildman–Crippen LogP) is 1.70. The molecule has 0 unspecified atom stereocenters. The fourth-order valence-corrected chi connectivity index (χ4v) is 3.18. The summed E-state index contributed by atoms with van der Waals surface area (Å²) in [6.45, 7) is 4.67. The third-order valence-electron chi connectivity index (χ3n) is 3.40. The van der Waals surface area contributed by atoms with Crippen LogP contribution in [0.3, 0.4) is 0 Å². The monoisotopic (exact) mass is 276 g/mol. The number of carbonyl (C=O) groups is 1. The predicted molar refractivity (Wildman–Crippen MR) is 73.4 cm³/mol. The van der Waals surface area contributed by atoms with Gasteiger partial charge in [0, 0.05) is 25.2 Å². The molecule has 2 aromatic rings. The van der Waals surface area contributed by atoms with Crippen LogP contribution >= 0.6 is 11.3 Å². The minimum absolute atomic E-state index is 0.00899. The number of rotatable bonds is 2. The normalized spacial score (nSPS) is 18.1. The summed E-state index contributed by atoms with van der Waals surface area (Å²) in [7, 11) is 0. The maximum Gasteiger partial charge on any atom is 0.263 e. The molecule has 0 spiro atoms. The fourth-order valence-electron chi connectivity index (χ4n) is 2.47. The van der Waals surface area contributed by atoms with Gasteiger partial charge < -0.3 is 9.88 Å². The van der Waals surface area contributed by atoms with Gasteiger partial charge in [-0.05, 0) is 20.3 Å². The van der Waals surface area contributed by atoms with E-state index in [-0.39, 0.29) is 11.9 Å². The first-order chi connectivity index (χ1) is 9.13. The van der Waals surface area contributed by atoms with E-state index in [1.165, 1.54) is 11.3 Å². The molecular formula is C13H16N4OS. The summed E-state index contributed by atoms with van der Waals surface area (Å²) in [5, 5.41) is 3.10. The number of aromatic nitrogens is 3. The molecule has 0 fully saturated rings. The molecule has 19 heavy (non-hydrogen) atoms. The van der Waals surface area contributed by atoms with Gasteiger partial charge in [0.05, 0.1) is 16.9 Å². The number of hydrogen-bond donors (Lipinski definition) is 1. The van der Waals surface area contributed by atoms with Gasteiger partial charge in [-0.15, -0.1) is 11.3 Å². The number of carbonyl (C=O) groups excluding carboxylic acids is 1. The molecule has 2 aromatic heterocycles. The first kappa shape index (κ1) is 12.3. The molecule has 3 rings (SSSR count). The standard InChI is InChI=1S/C13H16N4OS/c1-8-5-17-6-10(3-4-11(17)15-8)16-13(18)12-9(2)14-7-19-12/h5,7,10H,3-4,6H2,1-2H3,(H,16,18)/t10-/m1/s1. The summed E-state index contributed by atoms with van der Waals surface area (Å²) in [5.41, 5.74) is 3.56. The van der Waals surface area contributed by atoms with Crippen LogP contribution in [0.2, 0.25) is 0 Å². The van der Waals surface area contributed by atoms with E-state index in [1.54, 1.807) is 5.51 Å². The summed E-state index contributed by atoms with van der Waals surface area (Å²) in [6, 6.07) is 0.176. The largest absolute Gasteiger partial charge is 0.347 e. The molecule has 1 atom stereocenters. The molecule has 0 bridgehead atoms. The molecule has 0 aromatic carbocycles. The zero-order valence-electron chi connectivity index (χ0n) is 11.0. The van der Waals surface area contributed by atoms with Crippen molar-refractivity contribution in [1.29, 1.82) is 0 Å². The van der Waals surface area contributed by atoms with Crippen LogP contribution in [0.25, 0.3) is 0 Å². The Bertz CT molecular complexity index is 616. The summed E-state index contributed by atoms with van der Waals surface area (Å²) < 4.78 is 2.14. The van der Waals surface area contributed by atoms with Gasteiger partial charge in [0.2, 0.25) is 0 Å². The number of aryl methyl sites for hydroxylation is 3. The molecule has 1 aliphatic heterocycles. The van der Waals surface area contributed by atoms with Crippen molar-refractivity contribution in [3.8, 4) is 0 Å². The molecule has 0 saturated carbocycles. The van der Waals surface area contributed by atoms with Gasteiger partial charge in [-0.1, -0.05) is 0 Å². The Hall–Kier alpha value is -1.69. The van der Waals surface area contributed by atoms with Crippen molar-refractivity contribution in [2.45, 2.75) is 39.3 Å². The number of nitrogens with one attached hydrogen (secondary N) is 1. The van der Waals surface area contributed by atoms with Gasteiger partial charge in [0.1, 0.15) is 10.7 Å². The minimum atomic E-state index is -0.00899. The Morgan fingerprint density at radius 1 is 1.53 bits per heavy atom. The maximum absolute atomic E-state index is 12.1. The molecule has 100 valence electrons. The van der Waals surface area contributed by atoms with Crippen LogP contribution in [-0.4, -0.2) is 26.5 Å². The van der Waals surface area contributed by atoms with Crippen molar-refractivity contribution in [1.82, 2.24) is 19.9 Å². The van der Waals surface area contributed by atoms with E-state index in [0.717, 1.165) is 36.6 Å². The molecule has 0 radical (unpaired) electrons. The van der Waals surface area contributed by atoms with Crippen molar-refractivity contribution >= 4 is 17.2 Å². The van der Waals surface area contributed by atoms with Crippen LogP contribution in [0, 0.1) is 13.8 Å². The topological polar surface area (TPSA) is 59.8 Å². The smallest absolute Gasteiger partial charge is 0.263 e. The lowest BCUT2D eigenvalue weighted by Crippen LogP contribution is -2.40. The van der Waals surface area contributed by atoms with Crippen LogP contribution in [0.5, 0.6) is 0 Å². The molecular weight excluding hydrogens is 260 g/mol. The summed E-state index contributed by atoms with van der Waals surface area (Å²) in [6.07, 6.45) is 3.91. The van der Waals surface area contributed by atoms with Gasteiger partial charge in [0.25, 0.3) is 5.91 Å². The van der Waals surface area contributed by atoms with Crippen molar-refractivity contribution in [3.05, 3.63) is 33.8 Å². The summed E-state index contributed by atoms with van der Waals surface area (Å²) in [5.74, 6) is 1.11. The lowest BCUT2D eigenvalue weighted by Gasteiger charge is -2.24. The Labute approximate surface area is 115 Å². The van der Waals surface area contributed by atoms with Crippen molar-refractivity contribution < 1.29 is 4.79 Å². The molecule has 1 amide bonds. The molecule has 5 nitrogen and oxygen atoms in total. The third kappa shape index (κ3) is 2.40. The van der Waals surface area contributed by atoms with Gasteiger partial charge in [-0.3, -0.25) is 4.79 Å². The van der Waals surface area contributed by atoms with Crippen LogP contribution in [0.4, 0.5) is 0 Å². The van der Waals surface area contributed by atoms with E-state index in [4.69, 9.17) is 0 Å². The van der Waals surface area contributed by atoms with Crippen LogP contribution < -0.4 is 5.32 Å². The second kappa shape index (κ2) is 4.77. The number of nitrogens with zero attached hydrogens (tertiary/aromatic N) is 3. The second-order valence-electron chi connectivity index (χ2n) is 4.93. The van der Waals surface area contributed by atoms with Gasteiger partial charge >= 0.3 is 0 Å². The van der Waals surface area contributed by atoms with Gasteiger partial charge in [-0.25, -0.2) is 9.97 Å². The number of hydrogen-bond acceptors (Lipinski definition) is 4. The first-order valence-corrected chi connectivity index (χ1v) is 7.25. The Morgan fingerprint density at radius 3 is 3.11 bits per heavy atom. The average molecular weight is 276 g/mol. The zero-order chi connectivity index (χ0) is 13.4. The van der Waals surface area contributed by atoms with E-state index < -0.39 is 0 Å². The van der Waals surface area contributed by atoms with E-state index in [1.807, 2.05) is 20.0 Å². The number of amides is 1. The van der Waals surface area contributed by atoms with E-state index in [2.05, 4.69) is 19.9 Å². The lowest BCUT2D eigenvalue weighted by atomic mass is 10.1. The highest BCUT2D eigenvalue weighted by molar-refractivity contribution is 7.11. The highest BCUT2D eigenvalue weighted by atomic mass is 32.1. The number of thiazole rings is 1. The minimum Gasteiger partial charge on any atom is -0.347 e. The highest BCUT2D eigenvalue weighted by Crippen LogP contribution is 2.17. The van der Waals surface area contributed by atoms with Crippen molar-refractivity contribution in [2.75, 3.05) is 0 Å². The van der Waals surface area contributed by atoms with E-state index in [9.17, 15) is 4.79 Å². The fraction of sp³-hybridized carbons (Fsp3) is 0.462. The Morgan fingerprint density at radius 2 is 2.37 bits per heavy atom. The van der Waals surface area contributed by atoms with Gasteiger partial charge in [-0.2, -0.15) is 0 Å². The molecule has 3 heterocycles. The third-order valence-corrected chi connectivity index (χ3v) is 4.33. The number of fused-ring (bicyclic) bond motifs is 1. The van der Waals surface area contributed by atoms with E-state index >= 15 is 0 Å². The summed E-state index contributed by atoms with van der Waals surface area (Å²) >= 11 is 1.39. The first-order valence-electron chi connectivity index (χ1n) is 6.37. The van der Waals surface area contributed by atoms with E-state index in [0.29, 0.717) is 4.88 Å².